The predicted molar refractivity (Wildman–Crippen MR) is 76.5 cm³/mol. The van der Waals surface area contributed by atoms with Gasteiger partial charge in [-0.3, -0.25) is 9.05 Å². The van der Waals surface area contributed by atoms with Crippen LogP contribution in [0.2, 0.25) is 0 Å². The summed E-state index contributed by atoms with van der Waals surface area (Å²) in [5, 5.41) is 10.2. The summed E-state index contributed by atoms with van der Waals surface area (Å²) in [5.74, 6) is -1.23. The fourth-order valence-electron chi connectivity index (χ4n) is 3.33. The normalized spacial score (nSPS) is 28.6. The summed E-state index contributed by atoms with van der Waals surface area (Å²) in [5.41, 5.74) is 0. The number of rotatable bonds is 8. The second kappa shape index (κ2) is 7.22. The van der Waals surface area contributed by atoms with Crippen LogP contribution in [0, 0.1) is 17.8 Å². The Kier molecular flexibility index (Phi) is 6.00. The molecule has 3 atom stereocenters. The first-order chi connectivity index (χ1) is 10.3. The topological polar surface area (TPSA) is 65.0 Å². The molecule has 0 aromatic carbocycles. The highest BCUT2D eigenvalue weighted by atomic mass is 31.2. The van der Waals surface area contributed by atoms with E-state index in [0.717, 1.165) is 39.9 Å². The predicted octanol–water partition coefficient (Wildman–Crippen LogP) is 3.96. The van der Waals surface area contributed by atoms with Gasteiger partial charge in [-0.15, -0.1) is 0 Å². The van der Waals surface area contributed by atoms with Crippen molar-refractivity contribution in [2.75, 3.05) is 14.2 Å². The van der Waals surface area contributed by atoms with Crippen LogP contribution in [-0.4, -0.2) is 31.5 Å². The van der Waals surface area contributed by atoms with Crippen LogP contribution in [0.25, 0.3) is 0 Å². The van der Waals surface area contributed by atoms with Gasteiger partial charge < -0.3 is 5.11 Å². The number of hydrogen-bond donors (Lipinski definition) is 1. The maximum atomic E-state index is 14.0. The van der Waals surface area contributed by atoms with Crippen molar-refractivity contribution in [2.24, 2.45) is 17.8 Å². The molecule has 0 radical (unpaired) electrons. The quantitative estimate of drug-likeness (QED) is 0.676. The number of halogens is 2. The number of phosphoric ester groups is 1. The molecule has 0 aromatic rings. The molecule has 130 valence electrons. The third kappa shape index (κ3) is 4.48. The van der Waals surface area contributed by atoms with Crippen LogP contribution in [0.3, 0.4) is 0 Å². The lowest BCUT2D eigenvalue weighted by Crippen LogP contribution is -2.27. The zero-order valence-electron chi connectivity index (χ0n) is 13.0. The smallest absolute Gasteiger partial charge is 0.393 e. The van der Waals surface area contributed by atoms with Gasteiger partial charge in [-0.05, 0) is 24.7 Å². The van der Waals surface area contributed by atoms with Crippen molar-refractivity contribution in [1.82, 2.24) is 0 Å². The van der Waals surface area contributed by atoms with Gasteiger partial charge in [0.2, 0.25) is 0 Å². The molecule has 2 saturated carbocycles. The molecule has 2 fully saturated rings. The lowest BCUT2D eigenvalue weighted by molar-refractivity contribution is -0.209. The molecule has 0 aliphatic heterocycles. The second-order valence-corrected chi connectivity index (χ2v) is 8.09. The molecule has 0 unspecified atom stereocenters. The molecule has 5 nitrogen and oxygen atoms in total. The molecule has 22 heavy (non-hydrogen) atoms. The van der Waals surface area contributed by atoms with Crippen molar-refractivity contribution in [1.29, 1.82) is 0 Å². The van der Waals surface area contributed by atoms with Crippen LogP contribution >= 0.6 is 7.82 Å². The van der Waals surface area contributed by atoms with E-state index in [4.69, 9.17) is 0 Å². The molecular weight excluding hydrogens is 317 g/mol. The van der Waals surface area contributed by atoms with Gasteiger partial charge in [0.25, 0.3) is 0 Å². The van der Waals surface area contributed by atoms with Crippen molar-refractivity contribution in [3.8, 4) is 0 Å². The Morgan fingerprint density at radius 2 is 1.82 bits per heavy atom. The molecule has 0 amide bonds. The molecule has 0 spiro atoms. The maximum absolute atomic E-state index is 14.0. The average molecular weight is 342 g/mol. The van der Waals surface area contributed by atoms with Crippen molar-refractivity contribution in [3.05, 3.63) is 0 Å². The van der Waals surface area contributed by atoms with Crippen molar-refractivity contribution < 1.29 is 32.0 Å². The van der Waals surface area contributed by atoms with E-state index in [9.17, 15) is 18.5 Å². The number of phosphoric acid groups is 1. The summed E-state index contributed by atoms with van der Waals surface area (Å²) in [4.78, 5) is 0. The lowest BCUT2D eigenvalue weighted by Gasteiger charge is -2.25. The maximum Gasteiger partial charge on any atom is 0.479 e. The first-order valence-electron chi connectivity index (χ1n) is 7.79. The number of alkyl halides is 2. The van der Waals surface area contributed by atoms with Gasteiger partial charge in [-0.2, -0.15) is 8.78 Å². The summed E-state index contributed by atoms with van der Waals surface area (Å²) in [6, 6.07) is 0. The van der Waals surface area contributed by atoms with E-state index in [0.29, 0.717) is 12.3 Å². The Balaban J connectivity index is 1.85. The largest absolute Gasteiger partial charge is 0.479 e. The standard InChI is InChI=1S/C14H25F2O5P/c1-19-22(18,20-2)21-14(15,16)12-9-11(12)13(17)8-10-6-4-3-5-7-10/h10-13,17H,3-9H2,1-2H3/t11-,12-,13-/m0/s1. The Bertz CT molecular complexity index is 406. The highest BCUT2D eigenvalue weighted by Crippen LogP contribution is 2.60. The summed E-state index contributed by atoms with van der Waals surface area (Å²) >= 11 is 0. The summed E-state index contributed by atoms with van der Waals surface area (Å²) in [6.07, 6.45) is 1.97. The molecule has 2 aliphatic carbocycles. The van der Waals surface area contributed by atoms with Gasteiger partial charge in [-0.1, -0.05) is 32.1 Å². The molecule has 0 heterocycles. The zero-order chi connectivity index (χ0) is 16.4. The number of hydrogen-bond acceptors (Lipinski definition) is 5. The summed E-state index contributed by atoms with van der Waals surface area (Å²) in [7, 11) is -2.26. The number of aliphatic hydroxyl groups is 1. The van der Waals surface area contributed by atoms with E-state index in [1.54, 1.807) is 0 Å². The van der Waals surface area contributed by atoms with Gasteiger partial charge in [0.1, 0.15) is 0 Å². The highest BCUT2D eigenvalue weighted by Gasteiger charge is 2.61. The summed E-state index contributed by atoms with van der Waals surface area (Å²) < 4.78 is 52.7. The minimum atomic E-state index is -4.24. The molecule has 0 aromatic heterocycles. The molecule has 8 heteroatoms. The zero-order valence-corrected chi connectivity index (χ0v) is 13.9. The fourth-order valence-corrected chi connectivity index (χ4v) is 4.06. The molecule has 2 rings (SSSR count). The van der Waals surface area contributed by atoms with Gasteiger partial charge in [0.15, 0.2) is 0 Å². The fraction of sp³-hybridized carbons (Fsp3) is 1.00. The Morgan fingerprint density at radius 3 is 2.36 bits per heavy atom. The van der Waals surface area contributed by atoms with Gasteiger partial charge in [0.05, 0.1) is 12.0 Å². The van der Waals surface area contributed by atoms with E-state index in [1.165, 1.54) is 6.42 Å². The van der Waals surface area contributed by atoms with Gasteiger partial charge in [-0.25, -0.2) is 9.09 Å². The van der Waals surface area contributed by atoms with Gasteiger partial charge >= 0.3 is 13.9 Å². The van der Waals surface area contributed by atoms with E-state index in [2.05, 4.69) is 13.6 Å². The Hall–Kier alpha value is -0.0700. The molecule has 1 N–H and O–H groups in total. The van der Waals surface area contributed by atoms with Crippen LogP contribution in [0.5, 0.6) is 0 Å². The van der Waals surface area contributed by atoms with Crippen molar-refractivity contribution >= 4 is 7.82 Å². The van der Waals surface area contributed by atoms with Crippen LogP contribution in [0.1, 0.15) is 44.9 Å². The molecule has 0 bridgehead atoms. The van der Waals surface area contributed by atoms with Crippen molar-refractivity contribution in [3.63, 3.8) is 0 Å². The Morgan fingerprint density at radius 1 is 1.23 bits per heavy atom. The third-order valence-corrected chi connectivity index (χ3v) is 6.11. The number of aliphatic hydroxyl groups excluding tert-OH is 1. The first kappa shape index (κ1) is 18.3. The van der Waals surface area contributed by atoms with Crippen LogP contribution in [0.15, 0.2) is 0 Å². The highest BCUT2D eigenvalue weighted by molar-refractivity contribution is 7.48. The van der Waals surface area contributed by atoms with E-state index < -0.39 is 31.9 Å². The minimum Gasteiger partial charge on any atom is -0.393 e. The monoisotopic (exact) mass is 342 g/mol. The van der Waals surface area contributed by atoms with Crippen LogP contribution in [-0.2, 0) is 18.1 Å². The average Bonchev–Trinajstić information content (AvgIpc) is 3.29. The van der Waals surface area contributed by atoms with E-state index in [1.807, 2.05) is 0 Å². The summed E-state index contributed by atoms with van der Waals surface area (Å²) in [6.45, 7) is 0. The van der Waals surface area contributed by atoms with Crippen LogP contribution in [0.4, 0.5) is 8.78 Å². The molecular formula is C14H25F2O5P. The molecule has 2 aliphatic rings. The minimum absolute atomic E-state index is 0.161. The van der Waals surface area contributed by atoms with E-state index >= 15 is 0 Å². The SMILES string of the molecule is COP(=O)(OC)OC(F)(F)[C@H]1C[C@@H]1[C@@H](O)CC1CCCCC1. The second-order valence-electron chi connectivity index (χ2n) is 6.28. The lowest BCUT2D eigenvalue weighted by atomic mass is 9.84. The van der Waals surface area contributed by atoms with E-state index in [-0.39, 0.29) is 6.42 Å². The van der Waals surface area contributed by atoms with Crippen molar-refractivity contribution in [2.45, 2.75) is 57.2 Å². The molecule has 0 saturated heterocycles. The van der Waals surface area contributed by atoms with Crippen LogP contribution < -0.4 is 0 Å². The van der Waals surface area contributed by atoms with Gasteiger partial charge in [0, 0.05) is 14.2 Å². The third-order valence-electron chi connectivity index (χ3n) is 4.75. The first-order valence-corrected chi connectivity index (χ1v) is 9.25. The Labute approximate surface area is 129 Å².